The molecule has 0 amide bonds. The van der Waals surface area contributed by atoms with Crippen molar-refractivity contribution < 1.29 is 0 Å². The molecule has 0 unspecified atom stereocenters. The minimum atomic E-state index is -0.0284. The van der Waals surface area contributed by atoms with Gasteiger partial charge < -0.3 is 4.90 Å². The molecule has 0 atom stereocenters. The molecule has 146 valence electrons. The number of halogens is 1. The lowest BCUT2D eigenvalue weighted by Crippen LogP contribution is -2.14. The van der Waals surface area contributed by atoms with Crippen molar-refractivity contribution >= 4 is 40.0 Å². The van der Waals surface area contributed by atoms with Crippen LogP contribution in [0.3, 0.4) is 0 Å². The molecule has 3 rings (SSSR count). The van der Waals surface area contributed by atoms with Crippen molar-refractivity contribution in [3.8, 4) is 0 Å². The van der Waals surface area contributed by atoms with Gasteiger partial charge in [-0.15, -0.1) is 0 Å². The van der Waals surface area contributed by atoms with Gasteiger partial charge in [-0.3, -0.25) is 0 Å². The van der Waals surface area contributed by atoms with Crippen LogP contribution in [-0.2, 0) is 11.8 Å². The van der Waals surface area contributed by atoms with Gasteiger partial charge in [0.1, 0.15) is 0 Å². The van der Waals surface area contributed by atoms with Crippen LogP contribution in [0.15, 0.2) is 53.5 Å². The average molecular weight is 412 g/mol. The number of hydrogen-bond donors (Lipinski definition) is 0. The van der Waals surface area contributed by atoms with Gasteiger partial charge in [0.05, 0.1) is 5.69 Å². The van der Waals surface area contributed by atoms with Crippen LogP contribution in [0.1, 0.15) is 42.5 Å². The normalized spacial score (nSPS) is 11.9. The lowest BCUT2D eigenvalue weighted by molar-refractivity contribution is 0.568. The molecule has 0 saturated heterocycles. The van der Waals surface area contributed by atoms with Crippen LogP contribution in [0.2, 0.25) is 5.02 Å². The zero-order chi connectivity index (χ0) is 20.3. The number of thiazole rings is 1. The van der Waals surface area contributed by atoms with Gasteiger partial charge in [-0.25, -0.2) is 9.98 Å². The van der Waals surface area contributed by atoms with E-state index in [1.807, 2.05) is 32.4 Å². The predicted molar refractivity (Wildman–Crippen MR) is 123 cm³/mol. The van der Waals surface area contributed by atoms with Gasteiger partial charge in [0.15, 0.2) is 0 Å². The Balaban J connectivity index is 1.85. The molecule has 1 aromatic heterocycles. The van der Waals surface area contributed by atoms with Crippen molar-refractivity contribution in [2.45, 2.75) is 32.6 Å². The van der Waals surface area contributed by atoms with Crippen LogP contribution in [0.25, 0.3) is 0 Å². The molecule has 0 aliphatic rings. The molecular formula is C23H26ClN3S. The van der Waals surface area contributed by atoms with Crippen LogP contribution in [-0.4, -0.2) is 25.3 Å². The van der Waals surface area contributed by atoms with E-state index in [0.29, 0.717) is 0 Å². The molecule has 0 aliphatic heterocycles. The average Bonchev–Trinajstić information content (AvgIpc) is 3.05. The summed E-state index contributed by atoms with van der Waals surface area (Å²) in [6.07, 6.45) is 2.73. The monoisotopic (exact) mass is 411 g/mol. The molecule has 5 heteroatoms. The molecule has 0 saturated carbocycles. The maximum Gasteiger partial charge on any atom is 0.209 e. The summed E-state index contributed by atoms with van der Waals surface area (Å²) >= 11 is 7.68. The molecule has 2 aromatic carbocycles. The highest BCUT2D eigenvalue weighted by atomic mass is 35.5. The third-order valence-electron chi connectivity index (χ3n) is 4.41. The minimum absolute atomic E-state index is 0.0284. The first-order valence-electron chi connectivity index (χ1n) is 9.28. The lowest BCUT2D eigenvalue weighted by Gasteiger charge is -2.17. The van der Waals surface area contributed by atoms with E-state index in [9.17, 15) is 0 Å². The summed E-state index contributed by atoms with van der Waals surface area (Å²) in [6.45, 7) is 6.59. The van der Waals surface area contributed by atoms with Gasteiger partial charge in [0, 0.05) is 47.7 Å². The van der Waals surface area contributed by atoms with Gasteiger partial charge in [0.25, 0.3) is 0 Å². The van der Waals surface area contributed by atoms with Crippen LogP contribution >= 0.6 is 22.9 Å². The van der Waals surface area contributed by atoms with Crippen LogP contribution in [0.4, 0.5) is 10.8 Å². The second kappa shape index (κ2) is 8.46. The Morgan fingerprint density at radius 3 is 2.25 bits per heavy atom. The van der Waals surface area contributed by atoms with E-state index in [1.165, 1.54) is 16.1 Å². The van der Waals surface area contributed by atoms with Gasteiger partial charge in [-0.2, -0.15) is 0 Å². The molecule has 0 spiro atoms. The zero-order valence-electron chi connectivity index (χ0n) is 17.0. The van der Waals surface area contributed by atoms with Gasteiger partial charge in [0.2, 0.25) is 5.13 Å². The van der Waals surface area contributed by atoms with Crippen molar-refractivity contribution in [3.05, 3.63) is 75.3 Å². The van der Waals surface area contributed by atoms with Crippen molar-refractivity contribution in [3.63, 3.8) is 0 Å². The molecule has 0 fully saturated rings. The molecule has 0 bridgehead atoms. The molecule has 0 N–H and O–H groups in total. The SMILES string of the molecule is CN(C)c1ccc(/C=N/c2nc(C(C)(C)C)c(Cc3ccc(Cl)cc3)s2)cc1. The summed E-state index contributed by atoms with van der Waals surface area (Å²) < 4.78 is 0. The Bertz CT molecular complexity index is 949. The Morgan fingerprint density at radius 2 is 1.68 bits per heavy atom. The van der Waals surface area contributed by atoms with E-state index >= 15 is 0 Å². The first-order valence-corrected chi connectivity index (χ1v) is 10.5. The number of rotatable bonds is 5. The van der Waals surface area contributed by atoms with E-state index in [-0.39, 0.29) is 5.41 Å². The van der Waals surface area contributed by atoms with Crippen LogP contribution < -0.4 is 4.90 Å². The molecule has 1 heterocycles. The number of aromatic nitrogens is 1. The van der Waals surface area contributed by atoms with Gasteiger partial charge >= 0.3 is 0 Å². The summed E-state index contributed by atoms with van der Waals surface area (Å²) in [5.74, 6) is 0. The molecule has 28 heavy (non-hydrogen) atoms. The Labute approximate surface area is 176 Å². The Kier molecular flexibility index (Phi) is 6.21. The van der Waals surface area contributed by atoms with E-state index in [0.717, 1.165) is 27.8 Å². The van der Waals surface area contributed by atoms with Crippen molar-refractivity contribution in [1.29, 1.82) is 0 Å². The molecule has 3 aromatic rings. The molecule has 0 radical (unpaired) electrons. The summed E-state index contributed by atoms with van der Waals surface area (Å²) in [4.78, 5) is 12.8. The summed E-state index contributed by atoms with van der Waals surface area (Å²) in [5, 5.41) is 1.56. The molecule has 0 aliphatic carbocycles. The quantitative estimate of drug-likeness (QED) is 0.448. The number of aliphatic imine (C=N–C) groups is 1. The Hall–Kier alpha value is -2.17. The molecule has 3 nitrogen and oxygen atoms in total. The maximum atomic E-state index is 6.02. The second-order valence-electron chi connectivity index (χ2n) is 8.07. The van der Waals surface area contributed by atoms with Crippen LogP contribution in [0, 0.1) is 0 Å². The summed E-state index contributed by atoms with van der Waals surface area (Å²) in [7, 11) is 4.07. The van der Waals surface area contributed by atoms with E-state index in [4.69, 9.17) is 16.6 Å². The third kappa shape index (κ3) is 5.21. The van der Waals surface area contributed by atoms with E-state index in [2.05, 4.69) is 67.1 Å². The van der Waals surface area contributed by atoms with Crippen molar-refractivity contribution in [2.75, 3.05) is 19.0 Å². The van der Waals surface area contributed by atoms with E-state index < -0.39 is 0 Å². The number of hydrogen-bond acceptors (Lipinski definition) is 4. The first kappa shape index (κ1) is 20.6. The number of benzene rings is 2. The zero-order valence-corrected chi connectivity index (χ0v) is 18.6. The maximum absolute atomic E-state index is 6.02. The number of anilines is 1. The highest BCUT2D eigenvalue weighted by Crippen LogP contribution is 2.35. The highest BCUT2D eigenvalue weighted by Gasteiger charge is 2.23. The minimum Gasteiger partial charge on any atom is -0.378 e. The van der Waals surface area contributed by atoms with Gasteiger partial charge in [-0.05, 0) is 35.4 Å². The number of nitrogens with zero attached hydrogens (tertiary/aromatic N) is 3. The smallest absolute Gasteiger partial charge is 0.209 e. The summed E-state index contributed by atoms with van der Waals surface area (Å²) in [5.41, 5.74) is 4.55. The first-order chi connectivity index (χ1) is 13.2. The molecular weight excluding hydrogens is 386 g/mol. The fourth-order valence-corrected chi connectivity index (χ4v) is 4.15. The topological polar surface area (TPSA) is 28.5 Å². The fraction of sp³-hybridized carbons (Fsp3) is 0.304. The fourth-order valence-electron chi connectivity index (χ4n) is 2.88. The van der Waals surface area contributed by atoms with Crippen LogP contribution in [0.5, 0.6) is 0 Å². The second-order valence-corrected chi connectivity index (χ2v) is 9.56. The lowest BCUT2D eigenvalue weighted by atomic mass is 9.90. The highest BCUT2D eigenvalue weighted by molar-refractivity contribution is 7.15. The van der Waals surface area contributed by atoms with Crippen molar-refractivity contribution in [1.82, 2.24) is 4.98 Å². The largest absolute Gasteiger partial charge is 0.378 e. The van der Waals surface area contributed by atoms with Crippen molar-refractivity contribution in [2.24, 2.45) is 4.99 Å². The van der Waals surface area contributed by atoms with Gasteiger partial charge in [-0.1, -0.05) is 68.0 Å². The Morgan fingerprint density at radius 1 is 1.04 bits per heavy atom. The predicted octanol–water partition coefficient (Wildman–Crippen LogP) is 6.50. The third-order valence-corrected chi connectivity index (χ3v) is 5.62. The standard InChI is InChI=1S/C23H26ClN3S/c1-23(2,3)21-20(14-16-6-10-18(24)11-7-16)28-22(26-21)25-15-17-8-12-19(13-9-17)27(4)5/h6-13,15H,14H2,1-5H3/b25-15+. The van der Waals surface area contributed by atoms with E-state index in [1.54, 1.807) is 11.3 Å². The summed E-state index contributed by atoms with van der Waals surface area (Å²) in [6, 6.07) is 16.4.